The molecule has 2 aromatic rings. The topological polar surface area (TPSA) is 75.9 Å². The van der Waals surface area contributed by atoms with Gasteiger partial charge >= 0.3 is 6.18 Å². The van der Waals surface area contributed by atoms with Crippen molar-refractivity contribution < 1.29 is 13.2 Å². The third-order valence-electron chi connectivity index (χ3n) is 3.43. The molecule has 8 heteroatoms. The van der Waals surface area contributed by atoms with E-state index in [4.69, 9.17) is 5.73 Å². The first-order chi connectivity index (χ1) is 10.4. The molecule has 0 saturated carbocycles. The van der Waals surface area contributed by atoms with Crippen LogP contribution in [0.2, 0.25) is 0 Å². The molecule has 0 bridgehead atoms. The lowest BCUT2D eigenvalue weighted by Gasteiger charge is -2.20. The molecule has 5 nitrogen and oxygen atoms in total. The van der Waals surface area contributed by atoms with E-state index < -0.39 is 11.7 Å². The van der Waals surface area contributed by atoms with Crippen LogP contribution in [0.4, 0.5) is 30.6 Å². The summed E-state index contributed by atoms with van der Waals surface area (Å²) in [5.74, 6) is 0.681. The van der Waals surface area contributed by atoms with Crippen molar-refractivity contribution in [2.75, 3.05) is 17.6 Å². The summed E-state index contributed by atoms with van der Waals surface area (Å²) in [5.41, 5.74) is 7.26. The Bertz CT molecular complexity index is 682. The van der Waals surface area contributed by atoms with Crippen molar-refractivity contribution in [2.45, 2.75) is 19.1 Å². The Morgan fingerprint density at radius 2 is 1.86 bits per heavy atom. The van der Waals surface area contributed by atoms with Crippen LogP contribution < -0.4 is 16.4 Å². The first kappa shape index (κ1) is 14.6. The van der Waals surface area contributed by atoms with Gasteiger partial charge in [0.05, 0.1) is 11.3 Å². The van der Waals surface area contributed by atoms with E-state index in [1.54, 1.807) is 0 Å². The fourth-order valence-corrected chi connectivity index (χ4v) is 2.36. The van der Waals surface area contributed by atoms with Gasteiger partial charge in [-0.3, -0.25) is 0 Å². The number of hydrogen-bond acceptors (Lipinski definition) is 5. The van der Waals surface area contributed by atoms with Crippen LogP contribution in [0.25, 0.3) is 0 Å². The first-order valence-corrected chi connectivity index (χ1v) is 6.74. The van der Waals surface area contributed by atoms with Gasteiger partial charge in [0.1, 0.15) is 5.82 Å². The molecule has 116 valence electrons. The second-order valence-electron chi connectivity index (χ2n) is 4.98. The van der Waals surface area contributed by atoms with Crippen molar-refractivity contribution in [3.63, 3.8) is 0 Å². The number of nitrogens with two attached hydrogens (primary N) is 1. The Morgan fingerprint density at radius 3 is 2.55 bits per heavy atom. The summed E-state index contributed by atoms with van der Waals surface area (Å²) in [6.45, 7) is 1.39. The molecule has 22 heavy (non-hydrogen) atoms. The van der Waals surface area contributed by atoms with Crippen molar-refractivity contribution in [1.29, 1.82) is 0 Å². The lowest BCUT2D eigenvalue weighted by molar-refractivity contribution is -0.137. The highest BCUT2D eigenvalue weighted by atomic mass is 19.4. The van der Waals surface area contributed by atoms with Gasteiger partial charge in [0.15, 0.2) is 0 Å². The molecule has 0 radical (unpaired) electrons. The quantitative estimate of drug-likeness (QED) is 0.794. The Kier molecular flexibility index (Phi) is 3.61. The number of rotatable bonds is 2. The molecule has 2 heterocycles. The third-order valence-corrected chi connectivity index (χ3v) is 3.43. The Hall–Kier alpha value is -2.35. The highest BCUT2D eigenvalue weighted by Gasteiger charge is 2.30. The fraction of sp³-hybridized carbons (Fsp3) is 0.286. The summed E-state index contributed by atoms with van der Waals surface area (Å²) in [6, 6.07) is 4.80. The largest absolute Gasteiger partial charge is 0.416 e. The van der Waals surface area contributed by atoms with Gasteiger partial charge in [0, 0.05) is 17.8 Å². The number of aromatic nitrogens is 2. The van der Waals surface area contributed by atoms with Crippen molar-refractivity contribution in [3.8, 4) is 0 Å². The molecule has 0 atom stereocenters. The molecule has 1 aromatic carbocycles. The minimum Gasteiger partial charge on any atom is -0.368 e. The third kappa shape index (κ3) is 2.96. The molecule has 0 saturated heterocycles. The van der Waals surface area contributed by atoms with Gasteiger partial charge in [-0.1, -0.05) is 0 Å². The van der Waals surface area contributed by atoms with E-state index >= 15 is 0 Å². The summed E-state index contributed by atoms with van der Waals surface area (Å²) < 4.78 is 37.7. The number of benzene rings is 1. The van der Waals surface area contributed by atoms with E-state index in [1.165, 1.54) is 12.1 Å². The van der Waals surface area contributed by atoms with Gasteiger partial charge in [-0.25, -0.2) is 4.98 Å². The van der Waals surface area contributed by atoms with E-state index in [2.05, 4.69) is 20.6 Å². The monoisotopic (exact) mass is 309 g/mol. The van der Waals surface area contributed by atoms with Crippen LogP contribution in [0.3, 0.4) is 0 Å². The molecule has 4 N–H and O–H groups in total. The molecule has 3 rings (SSSR count). The maximum absolute atomic E-state index is 12.6. The summed E-state index contributed by atoms with van der Waals surface area (Å²) >= 11 is 0. The smallest absolute Gasteiger partial charge is 0.368 e. The number of nitrogens with zero attached hydrogens (tertiary/aromatic N) is 2. The number of anilines is 3. The number of hydrogen-bond donors (Lipinski definition) is 3. The minimum atomic E-state index is -4.34. The van der Waals surface area contributed by atoms with Gasteiger partial charge in [-0.05, 0) is 37.2 Å². The maximum atomic E-state index is 12.6. The standard InChI is InChI=1S/C14H14F3N5/c15-14(16,17)8-1-3-9(4-2-8)20-12-10-5-6-19-7-11(10)21-13(18)22-12/h1-4,19H,5-7H2,(H3,18,20,21,22). The van der Waals surface area contributed by atoms with Gasteiger partial charge in [0.25, 0.3) is 0 Å². The molecule has 1 aliphatic rings. The lowest BCUT2D eigenvalue weighted by Crippen LogP contribution is -2.26. The Balaban J connectivity index is 1.88. The SMILES string of the molecule is Nc1nc2c(c(Nc3ccc(C(F)(F)F)cc3)n1)CCNC2. The molecule has 1 aliphatic heterocycles. The van der Waals surface area contributed by atoms with E-state index in [1.807, 2.05) is 0 Å². The van der Waals surface area contributed by atoms with Crippen molar-refractivity contribution in [2.24, 2.45) is 0 Å². The van der Waals surface area contributed by atoms with E-state index in [-0.39, 0.29) is 5.95 Å². The molecular weight excluding hydrogens is 295 g/mol. The molecule has 0 unspecified atom stereocenters. The zero-order chi connectivity index (χ0) is 15.7. The van der Waals surface area contributed by atoms with Crippen LogP contribution in [0.5, 0.6) is 0 Å². The van der Waals surface area contributed by atoms with Gasteiger partial charge in [0.2, 0.25) is 5.95 Å². The summed E-state index contributed by atoms with van der Waals surface area (Å²) in [5, 5.41) is 6.21. The number of fused-ring (bicyclic) bond motifs is 1. The van der Waals surface area contributed by atoms with Crippen LogP contribution in [0.15, 0.2) is 24.3 Å². The normalized spacial score (nSPS) is 14.5. The van der Waals surface area contributed by atoms with E-state index in [9.17, 15) is 13.2 Å². The predicted octanol–water partition coefficient (Wildman–Crippen LogP) is 2.47. The van der Waals surface area contributed by atoms with Crippen molar-refractivity contribution in [3.05, 3.63) is 41.1 Å². The summed E-state index contributed by atoms with van der Waals surface area (Å²) in [6.07, 6.45) is -3.61. The molecule has 0 spiro atoms. The zero-order valence-corrected chi connectivity index (χ0v) is 11.5. The lowest BCUT2D eigenvalue weighted by atomic mass is 10.1. The van der Waals surface area contributed by atoms with Crippen molar-refractivity contribution in [1.82, 2.24) is 15.3 Å². The highest BCUT2D eigenvalue weighted by Crippen LogP contribution is 2.31. The molecular formula is C14H14F3N5. The van der Waals surface area contributed by atoms with Crippen LogP contribution in [-0.4, -0.2) is 16.5 Å². The molecule has 1 aromatic heterocycles. The minimum absolute atomic E-state index is 0.136. The van der Waals surface area contributed by atoms with Crippen LogP contribution in [0.1, 0.15) is 16.8 Å². The number of alkyl halides is 3. The number of nitrogen functional groups attached to an aromatic ring is 1. The Morgan fingerprint density at radius 1 is 1.14 bits per heavy atom. The van der Waals surface area contributed by atoms with Crippen LogP contribution in [-0.2, 0) is 19.1 Å². The van der Waals surface area contributed by atoms with E-state index in [0.717, 1.165) is 36.4 Å². The van der Waals surface area contributed by atoms with Crippen molar-refractivity contribution >= 4 is 17.5 Å². The maximum Gasteiger partial charge on any atom is 0.416 e. The average molecular weight is 309 g/mol. The second kappa shape index (κ2) is 5.45. The van der Waals surface area contributed by atoms with Crippen LogP contribution >= 0.6 is 0 Å². The number of nitrogens with one attached hydrogen (secondary N) is 2. The second-order valence-corrected chi connectivity index (χ2v) is 4.98. The fourth-order valence-electron chi connectivity index (χ4n) is 2.36. The summed E-state index contributed by atoms with van der Waals surface area (Å²) in [4.78, 5) is 8.34. The van der Waals surface area contributed by atoms with E-state index in [0.29, 0.717) is 18.1 Å². The Labute approximate surface area is 124 Å². The summed E-state index contributed by atoms with van der Waals surface area (Å²) in [7, 11) is 0. The zero-order valence-electron chi connectivity index (χ0n) is 11.5. The molecule has 0 fully saturated rings. The molecule has 0 aliphatic carbocycles. The average Bonchev–Trinajstić information content (AvgIpc) is 2.46. The first-order valence-electron chi connectivity index (χ1n) is 6.74. The highest BCUT2D eigenvalue weighted by molar-refractivity contribution is 5.62. The van der Waals surface area contributed by atoms with Crippen LogP contribution in [0, 0.1) is 0 Å². The predicted molar refractivity (Wildman–Crippen MR) is 76.6 cm³/mol. The van der Waals surface area contributed by atoms with Gasteiger partial charge in [-0.15, -0.1) is 0 Å². The van der Waals surface area contributed by atoms with Gasteiger partial charge in [-0.2, -0.15) is 18.2 Å². The van der Waals surface area contributed by atoms with Gasteiger partial charge < -0.3 is 16.4 Å². The number of halogens is 3. The molecule has 0 amide bonds.